The summed E-state index contributed by atoms with van der Waals surface area (Å²) in [5, 5.41) is 4.07. The van der Waals surface area contributed by atoms with Crippen molar-refractivity contribution in [3.8, 4) is 5.75 Å². The number of hydrogen-bond donors (Lipinski definition) is 2. The quantitative estimate of drug-likeness (QED) is 0.224. The number of nitrogens with zero attached hydrogens (tertiary/aromatic N) is 1. The maximum atomic E-state index is 13.0. The molecule has 0 heterocycles. The van der Waals surface area contributed by atoms with Crippen molar-refractivity contribution in [1.29, 1.82) is 0 Å². The highest BCUT2D eigenvalue weighted by Gasteiger charge is 2.26. The van der Waals surface area contributed by atoms with E-state index in [0.29, 0.717) is 17.9 Å². The second kappa shape index (κ2) is 12.8. The third-order valence-electron chi connectivity index (χ3n) is 5.28. The molecule has 0 aliphatic heterocycles. The molecular weight excluding hydrogens is 462 g/mol. The molecule has 8 heteroatoms. The van der Waals surface area contributed by atoms with Crippen LogP contribution in [0.1, 0.15) is 36.5 Å². The lowest BCUT2D eigenvalue weighted by atomic mass is 10.1. The molecule has 0 saturated heterocycles. The molecular formula is C27H31N3O4S. The summed E-state index contributed by atoms with van der Waals surface area (Å²) in [6.07, 6.45) is 3.62. The predicted molar refractivity (Wildman–Crippen MR) is 138 cm³/mol. The molecule has 1 atom stereocenters. The molecule has 1 amide bonds. The summed E-state index contributed by atoms with van der Waals surface area (Å²) in [6.45, 7) is 4.55. The van der Waals surface area contributed by atoms with Gasteiger partial charge in [0.25, 0.3) is 5.91 Å². The fraction of sp³-hybridized carbons (Fsp3) is 0.259. The first-order chi connectivity index (χ1) is 16.9. The fourth-order valence-electron chi connectivity index (χ4n) is 3.30. The maximum absolute atomic E-state index is 13.0. The molecule has 184 valence electrons. The molecule has 2 N–H and O–H groups in total. The van der Waals surface area contributed by atoms with Gasteiger partial charge in [-0.3, -0.25) is 4.79 Å². The molecule has 0 radical (unpaired) electrons. The van der Waals surface area contributed by atoms with E-state index in [1.54, 1.807) is 12.1 Å². The highest BCUT2D eigenvalue weighted by Crippen LogP contribution is 2.16. The molecule has 0 bridgehead atoms. The zero-order chi connectivity index (χ0) is 25.1. The van der Waals surface area contributed by atoms with Gasteiger partial charge in [-0.15, -0.1) is 0 Å². The van der Waals surface area contributed by atoms with Gasteiger partial charge >= 0.3 is 0 Å². The molecule has 3 aromatic carbocycles. The number of rotatable bonds is 12. The third-order valence-corrected chi connectivity index (χ3v) is 6.77. The molecule has 0 fully saturated rings. The van der Waals surface area contributed by atoms with E-state index in [-0.39, 0.29) is 11.3 Å². The number of carbonyl (C=O) groups is 1. The van der Waals surface area contributed by atoms with Crippen LogP contribution in [0.5, 0.6) is 5.75 Å². The average molecular weight is 494 g/mol. The third kappa shape index (κ3) is 8.05. The predicted octanol–water partition coefficient (Wildman–Crippen LogP) is 4.21. The van der Waals surface area contributed by atoms with Crippen molar-refractivity contribution < 1.29 is 17.9 Å². The standard InChI is InChI=1S/C27H31N3O4S/c1-3-4-18-34-26-13-9-8-12-23(26)20-28-29-27(31)25(19-22-10-6-5-7-11-22)30-35(32,33)24-16-14-21(2)15-17-24/h5-17,20,25,30H,3-4,18-19H2,1-2H3,(H,29,31). The number of para-hydroxylation sites is 1. The van der Waals surface area contributed by atoms with Gasteiger partial charge < -0.3 is 4.74 Å². The van der Waals surface area contributed by atoms with Gasteiger partial charge in [0.2, 0.25) is 10.0 Å². The Balaban J connectivity index is 1.75. The van der Waals surface area contributed by atoms with Crippen LogP contribution in [0.25, 0.3) is 0 Å². The van der Waals surface area contributed by atoms with Gasteiger partial charge in [-0.25, -0.2) is 13.8 Å². The molecule has 0 aliphatic carbocycles. The van der Waals surface area contributed by atoms with Crippen molar-refractivity contribution in [2.75, 3.05) is 6.61 Å². The number of hydrogen-bond acceptors (Lipinski definition) is 5. The largest absolute Gasteiger partial charge is 0.493 e. The highest BCUT2D eigenvalue weighted by atomic mass is 32.2. The number of ether oxygens (including phenoxy) is 1. The summed E-state index contributed by atoms with van der Waals surface area (Å²) < 4.78 is 34.3. The molecule has 0 saturated carbocycles. The monoisotopic (exact) mass is 493 g/mol. The Kier molecular flexibility index (Phi) is 9.57. The van der Waals surface area contributed by atoms with Crippen molar-refractivity contribution in [3.05, 3.63) is 95.6 Å². The summed E-state index contributed by atoms with van der Waals surface area (Å²) in [7, 11) is -3.92. The average Bonchev–Trinajstić information content (AvgIpc) is 2.85. The smallest absolute Gasteiger partial charge is 0.258 e. The van der Waals surface area contributed by atoms with E-state index in [4.69, 9.17) is 4.74 Å². The Morgan fingerprint density at radius 3 is 2.40 bits per heavy atom. The zero-order valence-electron chi connectivity index (χ0n) is 20.0. The first kappa shape index (κ1) is 26.1. The highest BCUT2D eigenvalue weighted by molar-refractivity contribution is 7.89. The Hall–Kier alpha value is -3.49. The SMILES string of the molecule is CCCCOc1ccccc1C=NNC(=O)C(Cc1ccccc1)NS(=O)(=O)c1ccc(C)cc1. The van der Waals surface area contributed by atoms with Crippen LogP contribution in [0.2, 0.25) is 0 Å². The maximum Gasteiger partial charge on any atom is 0.258 e. The van der Waals surface area contributed by atoms with Crippen LogP contribution >= 0.6 is 0 Å². The van der Waals surface area contributed by atoms with Crippen molar-refractivity contribution in [3.63, 3.8) is 0 Å². The first-order valence-corrected chi connectivity index (χ1v) is 13.0. The van der Waals surface area contributed by atoms with Crippen molar-refractivity contribution in [2.45, 2.75) is 44.0 Å². The van der Waals surface area contributed by atoms with Gasteiger partial charge in [0.15, 0.2) is 0 Å². The fourth-order valence-corrected chi connectivity index (χ4v) is 4.49. The number of carbonyl (C=O) groups excluding carboxylic acids is 1. The van der Waals surface area contributed by atoms with Crippen LogP contribution in [0.4, 0.5) is 0 Å². The van der Waals surface area contributed by atoms with Gasteiger partial charge in [0.1, 0.15) is 11.8 Å². The molecule has 1 unspecified atom stereocenters. The molecule has 3 aromatic rings. The van der Waals surface area contributed by atoms with E-state index in [0.717, 1.165) is 24.0 Å². The number of hydrazone groups is 1. The van der Waals surface area contributed by atoms with Crippen LogP contribution in [-0.2, 0) is 21.2 Å². The van der Waals surface area contributed by atoms with E-state index in [1.165, 1.54) is 18.3 Å². The van der Waals surface area contributed by atoms with Crippen LogP contribution in [0.3, 0.4) is 0 Å². The Morgan fingerprint density at radius 2 is 1.69 bits per heavy atom. The van der Waals surface area contributed by atoms with E-state index in [1.807, 2.05) is 61.5 Å². The minimum atomic E-state index is -3.92. The number of benzene rings is 3. The second-order valence-corrected chi connectivity index (χ2v) is 9.86. The molecule has 0 spiro atoms. The molecule has 0 aliphatic rings. The van der Waals surface area contributed by atoms with E-state index in [9.17, 15) is 13.2 Å². The van der Waals surface area contributed by atoms with Gasteiger partial charge in [-0.05, 0) is 49.6 Å². The van der Waals surface area contributed by atoms with Crippen LogP contribution in [0, 0.1) is 6.92 Å². The molecule has 0 aromatic heterocycles. The Bertz CT molecular complexity index is 1230. The second-order valence-electron chi connectivity index (χ2n) is 8.15. The number of unbranched alkanes of at least 4 members (excludes halogenated alkanes) is 1. The van der Waals surface area contributed by atoms with E-state index < -0.39 is 22.0 Å². The summed E-state index contributed by atoms with van der Waals surface area (Å²) >= 11 is 0. The van der Waals surface area contributed by atoms with Gasteiger partial charge in [0, 0.05) is 5.56 Å². The lowest BCUT2D eigenvalue weighted by molar-refractivity contribution is -0.122. The summed E-state index contributed by atoms with van der Waals surface area (Å²) in [5.41, 5.74) is 4.95. The molecule has 35 heavy (non-hydrogen) atoms. The van der Waals surface area contributed by atoms with Gasteiger partial charge in [0.05, 0.1) is 17.7 Å². The van der Waals surface area contributed by atoms with Crippen LogP contribution in [0.15, 0.2) is 88.9 Å². The number of aryl methyl sites for hydroxylation is 1. The molecule has 3 rings (SSSR count). The lowest BCUT2D eigenvalue weighted by Gasteiger charge is -2.17. The first-order valence-electron chi connectivity index (χ1n) is 11.6. The van der Waals surface area contributed by atoms with Crippen LogP contribution in [-0.4, -0.2) is 33.2 Å². The zero-order valence-corrected chi connectivity index (χ0v) is 20.8. The van der Waals surface area contributed by atoms with E-state index in [2.05, 4.69) is 22.2 Å². The van der Waals surface area contributed by atoms with Crippen molar-refractivity contribution >= 4 is 22.1 Å². The summed E-state index contributed by atoms with van der Waals surface area (Å²) in [4.78, 5) is 13.1. The van der Waals surface area contributed by atoms with E-state index >= 15 is 0 Å². The van der Waals surface area contributed by atoms with Crippen LogP contribution < -0.4 is 14.9 Å². The number of nitrogens with one attached hydrogen (secondary N) is 2. The molecule has 7 nitrogen and oxygen atoms in total. The Labute approximate surface area is 207 Å². The summed E-state index contributed by atoms with van der Waals surface area (Å²) in [6, 6.07) is 22.0. The Morgan fingerprint density at radius 1 is 1.00 bits per heavy atom. The van der Waals surface area contributed by atoms with Gasteiger partial charge in [-0.2, -0.15) is 9.82 Å². The summed E-state index contributed by atoms with van der Waals surface area (Å²) in [5.74, 6) is 0.102. The minimum absolute atomic E-state index is 0.0932. The minimum Gasteiger partial charge on any atom is -0.493 e. The van der Waals surface area contributed by atoms with Gasteiger partial charge in [-0.1, -0.05) is 73.5 Å². The van der Waals surface area contributed by atoms with Crippen molar-refractivity contribution in [2.24, 2.45) is 5.10 Å². The number of amides is 1. The number of sulfonamides is 1. The normalized spacial score (nSPS) is 12.4. The van der Waals surface area contributed by atoms with Crippen molar-refractivity contribution in [1.82, 2.24) is 10.1 Å². The topological polar surface area (TPSA) is 96.9 Å². The lowest BCUT2D eigenvalue weighted by Crippen LogP contribution is -2.46.